The monoisotopic (exact) mass is 400 g/mol. The van der Waals surface area contributed by atoms with E-state index in [1.807, 2.05) is 60.7 Å². The molecule has 0 radical (unpaired) electrons. The highest BCUT2D eigenvalue weighted by molar-refractivity contribution is 5.76. The highest BCUT2D eigenvalue weighted by Gasteiger charge is 2.38. The van der Waals surface area contributed by atoms with Crippen molar-refractivity contribution in [1.82, 2.24) is 4.90 Å². The van der Waals surface area contributed by atoms with E-state index in [1.54, 1.807) is 0 Å². The molecule has 1 aliphatic rings. The van der Waals surface area contributed by atoms with Crippen LogP contribution in [-0.2, 0) is 27.4 Å². The molecule has 2 aromatic rings. The first-order valence-corrected chi connectivity index (χ1v) is 9.61. The number of benzene rings is 2. The van der Waals surface area contributed by atoms with Crippen LogP contribution in [-0.4, -0.2) is 41.8 Å². The highest BCUT2D eigenvalue weighted by atomic mass is 19.1. The number of nitrogens with zero attached hydrogens (tertiary/aromatic N) is 1. The lowest BCUT2D eigenvalue weighted by Crippen LogP contribution is -2.53. The van der Waals surface area contributed by atoms with Crippen molar-refractivity contribution >= 4 is 12.1 Å². The van der Waals surface area contributed by atoms with Crippen LogP contribution in [0.4, 0.5) is 9.18 Å². The van der Waals surface area contributed by atoms with E-state index in [0.717, 1.165) is 11.1 Å². The molecule has 29 heavy (non-hydrogen) atoms. The van der Waals surface area contributed by atoms with Gasteiger partial charge in [-0.3, -0.25) is 9.69 Å². The fraction of sp³-hybridized carbons (Fsp3) is 0.364. The number of alkyl halides is 1. The summed E-state index contributed by atoms with van der Waals surface area (Å²) in [6.07, 6.45) is -0.650. The van der Waals surface area contributed by atoms with Crippen LogP contribution in [0.5, 0.6) is 0 Å². The van der Waals surface area contributed by atoms with Crippen LogP contribution < -0.4 is 5.73 Å². The minimum atomic E-state index is -0.949. The third kappa shape index (κ3) is 5.54. The molecule has 0 bridgehead atoms. The molecule has 1 aliphatic heterocycles. The first-order chi connectivity index (χ1) is 14.1. The topological polar surface area (TPSA) is 81.9 Å². The van der Waals surface area contributed by atoms with Crippen LogP contribution in [0.1, 0.15) is 24.0 Å². The third-order valence-electron chi connectivity index (χ3n) is 4.96. The summed E-state index contributed by atoms with van der Waals surface area (Å²) >= 11 is 0. The molecule has 154 valence electrons. The third-order valence-corrected chi connectivity index (χ3v) is 4.96. The first-order valence-electron chi connectivity index (χ1n) is 9.61. The molecule has 0 aliphatic carbocycles. The average Bonchev–Trinajstić information content (AvgIpc) is 2.75. The number of nitrogens with two attached hydrogens (primary N) is 1. The fourth-order valence-corrected chi connectivity index (χ4v) is 3.31. The van der Waals surface area contributed by atoms with Gasteiger partial charge in [0.25, 0.3) is 0 Å². The Bertz CT molecular complexity index is 803. The molecule has 0 saturated carbocycles. The maximum atomic E-state index is 14.1. The Hall–Kier alpha value is -2.93. The Balaban J connectivity index is 1.77. The summed E-state index contributed by atoms with van der Waals surface area (Å²) in [7, 11) is 0. The predicted octanol–water partition coefficient (Wildman–Crippen LogP) is 3.20. The largest absolute Gasteiger partial charge is 0.459 e. The van der Waals surface area contributed by atoms with Gasteiger partial charge < -0.3 is 15.2 Å². The van der Waals surface area contributed by atoms with Crippen molar-refractivity contribution in [3.8, 4) is 0 Å². The Labute approximate surface area is 169 Å². The highest BCUT2D eigenvalue weighted by Crippen LogP contribution is 2.23. The van der Waals surface area contributed by atoms with Gasteiger partial charge in [0.1, 0.15) is 31.5 Å². The van der Waals surface area contributed by atoms with Crippen molar-refractivity contribution in [2.75, 3.05) is 6.67 Å². The summed E-state index contributed by atoms with van der Waals surface area (Å²) in [4.78, 5) is 26.1. The van der Waals surface area contributed by atoms with Gasteiger partial charge in [0.15, 0.2) is 0 Å². The SMILES string of the molecule is NC1CC[C@@H]([C@@H](CF)N(Cc2ccccc2)C(=O)OCc2ccccc2)OC1=O. The zero-order valence-corrected chi connectivity index (χ0v) is 16.1. The van der Waals surface area contributed by atoms with Gasteiger partial charge in [-0.1, -0.05) is 60.7 Å². The second kappa shape index (κ2) is 10.0. The number of hydrogen-bond donors (Lipinski definition) is 1. The summed E-state index contributed by atoms with van der Waals surface area (Å²) in [5.74, 6) is -0.572. The molecule has 0 spiro atoms. The lowest BCUT2D eigenvalue weighted by molar-refractivity contribution is -0.160. The van der Waals surface area contributed by atoms with E-state index in [-0.39, 0.29) is 13.2 Å². The van der Waals surface area contributed by atoms with E-state index in [4.69, 9.17) is 15.2 Å². The van der Waals surface area contributed by atoms with Crippen LogP contribution in [0.25, 0.3) is 0 Å². The van der Waals surface area contributed by atoms with Crippen molar-refractivity contribution in [1.29, 1.82) is 0 Å². The van der Waals surface area contributed by atoms with E-state index in [2.05, 4.69) is 0 Å². The number of carbonyl (C=O) groups is 2. The second-order valence-electron chi connectivity index (χ2n) is 7.03. The number of rotatable bonds is 7. The molecule has 6 nitrogen and oxygen atoms in total. The smallest absolute Gasteiger partial charge is 0.410 e. The Morgan fingerprint density at radius 3 is 2.31 bits per heavy atom. The molecule has 1 fully saturated rings. The number of hydrogen-bond acceptors (Lipinski definition) is 5. The zero-order valence-electron chi connectivity index (χ0n) is 16.1. The summed E-state index contributed by atoms with van der Waals surface area (Å²) in [6.45, 7) is -0.650. The normalized spacial score (nSPS) is 19.9. The molecular formula is C22H25FN2O4. The Morgan fingerprint density at radius 2 is 1.72 bits per heavy atom. The van der Waals surface area contributed by atoms with Gasteiger partial charge >= 0.3 is 12.1 Å². The lowest BCUT2D eigenvalue weighted by atomic mass is 9.98. The van der Waals surface area contributed by atoms with Gasteiger partial charge in [0.2, 0.25) is 0 Å². The summed E-state index contributed by atoms with van der Waals surface area (Å²) < 4.78 is 24.8. The average molecular weight is 400 g/mol. The molecule has 1 unspecified atom stereocenters. The molecule has 1 heterocycles. The second-order valence-corrected chi connectivity index (χ2v) is 7.03. The van der Waals surface area contributed by atoms with Crippen LogP contribution in [0.15, 0.2) is 60.7 Å². The molecule has 2 N–H and O–H groups in total. The van der Waals surface area contributed by atoms with Gasteiger partial charge in [0.05, 0.1) is 0 Å². The van der Waals surface area contributed by atoms with Gasteiger partial charge in [-0.05, 0) is 24.0 Å². The number of amides is 1. The number of ether oxygens (including phenoxy) is 2. The molecule has 1 amide bonds. The van der Waals surface area contributed by atoms with Crippen molar-refractivity contribution < 1.29 is 23.5 Å². The van der Waals surface area contributed by atoms with Crippen molar-refractivity contribution in [2.45, 2.75) is 44.2 Å². The number of carbonyl (C=O) groups excluding carboxylic acids is 2. The van der Waals surface area contributed by atoms with Gasteiger partial charge in [-0.15, -0.1) is 0 Å². The van der Waals surface area contributed by atoms with Crippen molar-refractivity contribution in [3.63, 3.8) is 0 Å². The maximum Gasteiger partial charge on any atom is 0.410 e. The molecule has 3 atom stereocenters. The number of cyclic esters (lactones) is 1. The minimum Gasteiger partial charge on any atom is -0.459 e. The van der Waals surface area contributed by atoms with E-state index < -0.39 is 36.9 Å². The van der Waals surface area contributed by atoms with E-state index in [9.17, 15) is 14.0 Å². The zero-order chi connectivity index (χ0) is 20.6. The number of halogens is 1. The van der Waals surface area contributed by atoms with Crippen LogP contribution in [0.3, 0.4) is 0 Å². The Kier molecular flexibility index (Phi) is 7.19. The quantitative estimate of drug-likeness (QED) is 0.722. The molecule has 2 aromatic carbocycles. The Morgan fingerprint density at radius 1 is 1.10 bits per heavy atom. The van der Waals surface area contributed by atoms with Crippen LogP contribution >= 0.6 is 0 Å². The van der Waals surface area contributed by atoms with Crippen LogP contribution in [0, 0.1) is 0 Å². The summed E-state index contributed by atoms with van der Waals surface area (Å²) in [5.41, 5.74) is 7.33. The molecule has 1 saturated heterocycles. The first kappa shape index (κ1) is 20.8. The van der Waals surface area contributed by atoms with E-state index >= 15 is 0 Å². The molecule has 7 heteroatoms. The van der Waals surface area contributed by atoms with Gasteiger partial charge in [-0.2, -0.15) is 0 Å². The van der Waals surface area contributed by atoms with Crippen molar-refractivity contribution in [3.05, 3.63) is 71.8 Å². The lowest BCUT2D eigenvalue weighted by Gasteiger charge is -2.37. The summed E-state index contributed by atoms with van der Waals surface area (Å²) in [6, 6.07) is 16.8. The van der Waals surface area contributed by atoms with Crippen LogP contribution in [0.2, 0.25) is 0 Å². The van der Waals surface area contributed by atoms with E-state index in [0.29, 0.717) is 12.8 Å². The van der Waals surface area contributed by atoms with E-state index in [1.165, 1.54) is 4.90 Å². The fourth-order valence-electron chi connectivity index (χ4n) is 3.31. The summed E-state index contributed by atoms with van der Waals surface area (Å²) in [5, 5.41) is 0. The predicted molar refractivity (Wildman–Crippen MR) is 105 cm³/mol. The van der Waals surface area contributed by atoms with Gasteiger partial charge in [0, 0.05) is 6.54 Å². The molecule has 0 aromatic heterocycles. The van der Waals surface area contributed by atoms with Crippen molar-refractivity contribution in [2.24, 2.45) is 5.73 Å². The standard InChI is InChI=1S/C22H25FN2O4/c23-13-19(20-12-11-18(24)21(26)29-20)25(14-16-7-3-1-4-8-16)22(27)28-15-17-9-5-2-6-10-17/h1-10,18-20H,11-15,24H2/t18?,19-,20+/m1/s1. The maximum absolute atomic E-state index is 14.1. The molecule has 3 rings (SSSR count). The van der Waals surface area contributed by atoms with Gasteiger partial charge in [-0.25, -0.2) is 9.18 Å². The minimum absolute atomic E-state index is 0.0687. The molecular weight excluding hydrogens is 375 g/mol. The number of esters is 1.